The van der Waals surface area contributed by atoms with Crippen LogP contribution in [0.2, 0.25) is 0 Å². The summed E-state index contributed by atoms with van der Waals surface area (Å²) in [5.74, 6) is 0.767. The zero-order chi connectivity index (χ0) is 18.9. The highest BCUT2D eigenvalue weighted by Crippen LogP contribution is 2.24. The minimum Gasteiger partial charge on any atom is -0.492 e. The van der Waals surface area contributed by atoms with Crippen LogP contribution >= 0.6 is 11.8 Å². The molecule has 0 unspecified atom stereocenters. The molecule has 26 heavy (non-hydrogen) atoms. The minimum absolute atomic E-state index is 0.119. The number of carbonyl (C=O) groups excluding carboxylic acids is 2. The Morgan fingerprint density at radius 3 is 2.23 bits per heavy atom. The molecule has 0 spiro atoms. The van der Waals surface area contributed by atoms with Gasteiger partial charge >= 0.3 is 0 Å². The maximum absolute atomic E-state index is 12.1. The van der Waals surface area contributed by atoms with E-state index < -0.39 is 0 Å². The summed E-state index contributed by atoms with van der Waals surface area (Å²) in [5, 5.41) is 5.71. The zero-order valence-electron chi connectivity index (χ0n) is 15.3. The number of anilines is 2. The molecule has 0 radical (unpaired) electrons. The third-order valence-corrected chi connectivity index (χ3v) is 4.74. The van der Waals surface area contributed by atoms with Crippen LogP contribution < -0.4 is 15.4 Å². The molecule has 0 aromatic heterocycles. The Morgan fingerprint density at radius 2 is 1.54 bits per heavy atom. The molecule has 0 heterocycles. The van der Waals surface area contributed by atoms with Crippen LogP contribution in [0.3, 0.4) is 0 Å². The van der Waals surface area contributed by atoms with Crippen molar-refractivity contribution in [1.82, 2.24) is 0 Å². The van der Waals surface area contributed by atoms with Gasteiger partial charge in [-0.1, -0.05) is 24.3 Å². The number of aryl methyl sites for hydroxylation is 1. The summed E-state index contributed by atoms with van der Waals surface area (Å²) in [5.41, 5.74) is 3.63. The van der Waals surface area contributed by atoms with E-state index >= 15 is 0 Å². The van der Waals surface area contributed by atoms with E-state index in [4.69, 9.17) is 4.74 Å². The van der Waals surface area contributed by atoms with Crippen LogP contribution in [0, 0.1) is 13.8 Å². The Hall–Kier alpha value is -2.47. The number of thioether (sulfide) groups is 1. The highest BCUT2D eigenvalue weighted by molar-refractivity contribution is 8.00. The first-order chi connectivity index (χ1) is 12.5. The SMILES string of the molecule is CCOc1ccccc1NC(=O)CSCC(=O)Nc1cccc(C)c1C. The third-order valence-electron chi connectivity index (χ3n) is 3.81. The van der Waals surface area contributed by atoms with Crippen LogP contribution in [-0.2, 0) is 9.59 Å². The van der Waals surface area contributed by atoms with Crippen molar-refractivity contribution in [2.45, 2.75) is 20.8 Å². The molecule has 2 rings (SSSR count). The number of benzene rings is 2. The van der Waals surface area contributed by atoms with E-state index in [9.17, 15) is 9.59 Å². The van der Waals surface area contributed by atoms with Crippen LogP contribution in [0.15, 0.2) is 42.5 Å². The fraction of sp³-hybridized carbons (Fsp3) is 0.300. The van der Waals surface area contributed by atoms with Crippen LogP contribution in [-0.4, -0.2) is 29.9 Å². The molecular weight excluding hydrogens is 348 g/mol. The summed E-state index contributed by atoms with van der Waals surface area (Å²) in [6, 6.07) is 13.1. The molecule has 138 valence electrons. The number of carbonyl (C=O) groups is 2. The molecule has 0 atom stereocenters. The molecule has 2 aromatic rings. The van der Waals surface area contributed by atoms with Crippen molar-refractivity contribution in [2.75, 3.05) is 28.7 Å². The van der Waals surface area contributed by atoms with Gasteiger partial charge in [0.25, 0.3) is 0 Å². The Kier molecular flexibility index (Phi) is 7.53. The molecule has 2 N–H and O–H groups in total. The summed E-state index contributed by atoms with van der Waals surface area (Å²) in [7, 11) is 0. The van der Waals surface area contributed by atoms with E-state index in [1.165, 1.54) is 11.8 Å². The van der Waals surface area contributed by atoms with Crippen LogP contribution in [0.25, 0.3) is 0 Å². The monoisotopic (exact) mass is 372 g/mol. The van der Waals surface area contributed by atoms with E-state index in [0.29, 0.717) is 18.0 Å². The smallest absolute Gasteiger partial charge is 0.234 e. The zero-order valence-corrected chi connectivity index (χ0v) is 16.1. The Bertz CT molecular complexity index is 777. The van der Waals surface area contributed by atoms with Gasteiger partial charge in [-0.05, 0) is 50.1 Å². The Balaban J connectivity index is 1.79. The maximum Gasteiger partial charge on any atom is 0.234 e. The van der Waals surface area contributed by atoms with Crippen molar-refractivity contribution in [3.63, 3.8) is 0 Å². The standard InChI is InChI=1S/C20H24N2O3S/c1-4-25-18-11-6-5-9-17(18)22-20(24)13-26-12-19(23)21-16-10-7-8-14(2)15(16)3/h5-11H,4,12-13H2,1-3H3,(H,21,23)(H,22,24). The lowest BCUT2D eigenvalue weighted by atomic mass is 10.1. The lowest BCUT2D eigenvalue weighted by Gasteiger charge is -2.11. The molecule has 5 nitrogen and oxygen atoms in total. The molecular formula is C20H24N2O3S. The highest BCUT2D eigenvalue weighted by atomic mass is 32.2. The second-order valence-electron chi connectivity index (χ2n) is 5.77. The summed E-state index contributed by atoms with van der Waals surface area (Å²) >= 11 is 1.27. The number of ether oxygens (including phenoxy) is 1. The highest BCUT2D eigenvalue weighted by Gasteiger charge is 2.10. The Labute approximate surface area is 158 Å². The average molecular weight is 372 g/mol. The van der Waals surface area contributed by atoms with Gasteiger partial charge in [0, 0.05) is 5.69 Å². The fourth-order valence-electron chi connectivity index (χ4n) is 2.35. The van der Waals surface area contributed by atoms with Gasteiger partial charge in [0.05, 0.1) is 23.8 Å². The van der Waals surface area contributed by atoms with Crippen molar-refractivity contribution >= 4 is 35.0 Å². The van der Waals surface area contributed by atoms with Crippen LogP contribution in [0.4, 0.5) is 11.4 Å². The summed E-state index contributed by atoms with van der Waals surface area (Å²) in [6.45, 7) is 6.40. The van der Waals surface area contributed by atoms with E-state index in [1.807, 2.05) is 57.2 Å². The number of amides is 2. The molecule has 2 aromatic carbocycles. The van der Waals surface area contributed by atoms with Gasteiger partial charge in [0.2, 0.25) is 11.8 Å². The van der Waals surface area contributed by atoms with Crippen molar-refractivity contribution in [2.24, 2.45) is 0 Å². The van der Waals surface area contributed by atoms with Crippen LogP contribution in [0.5, 0.6) is 5.75 Å². The molecule has 0 fully saturated rings. The normalized spacial score (nSPS) is 10.3. The fourth-order valence-corrected chi connectivity index (χ4v) is 2.96. The third kappa shape index (κ3) is 5.81. The van der Waals surface area contributed by atoms with Gasteiger partial charge < -0.3 is 15.4 Å². The van der Waals surface area contributed by atoms with Gasteiger partial charge in [-0.25, -0.2) is 0 Å². The van der Waals surface area contributed by atoms with Gasteiger partial charge in [-0.2, -0.15) is 0 Å². The summed E-state index contributed by atoms with van der Waals surface area (Å²) < 4.78 is 5.48. The molecule has 6 heteroatoms. The van der Waals surface area contributed by atoms with E-state index in [0.717, 1.165) is 16.8 Å². The number of nitrogens with one attached hydrogen (secondary N) is 2. The number of hydrogen-bond acceptors (Lipinski definition) is 4. The van der Waals surface area contributed by atoms with Crippen LogP contribution in [0.1, 0.15) is 18.1 Å². The number of rotatable bonds is 8. The first-order valence-corrected chi connectivity index (χ1v) is 9.62. The first-order valence-electron chi connectivity index (χ1n) is 8.46. The number of para-hydroxylation sites is 2. The predicted octanol–water partition coefficient (Wildman–Crippen LogP) is 4.01. The van der Waals surface area contributed by atoms with Gasteiger partial charge in [-0.15, -0.1) is 11.8 Å². The second kappa shape index (κ2) is 9.87. The quantitative estimate of drug-likeness (QED) is 0.735. The molecule has 0 bridgehead atoms. The second-order valence-corrected chi connectivity index (χ2v) is 6.75. The van der Waals surface area contributed by atoms with Crippen molar-refractivity contribution in [3.8, 4) is 5.75 Å². The molecule has 0 aliphatic rings. The van der Waals surface area contributed by atoms with Gasteiger partial charge in [-0.3, -0.25) is 9.59 Å². The summed E-state index contributed by atoms with van der Waals surface area (Å²) in [4.78, 5) is 24.2. The molecule has 0 saturated heterocycles. The van der Waals surface area contributed by atoms with E-state index in [-0.39, 0.29) is 23.3 Å². The molecule has 0 aliphatic carbocycles. The first kappa shape index (κ1) is 19.8. The molecule has 0 aliphatic heterocycles. The van der Waals surface area contributed by atoms with Gasteiger partial charge in [0.15, 0.2) is 0 Å². The Morgan fingerprint density at radius 1 is 0.923 bits per heavy atom. The molecule has 0 saturated carbocycles. The predicted molar refractivity (Wildman–Crippen MR) is 108 cm³/mol. The largest absolute Gasteiger partial charge is 0.492 e. The van der Waals surface area contributed by atoms with E-state index in [2.05, 4.69) is 10.6 Å². The summed E-state index contributed by atoms with van der Waals surface area (Å²) in [6.07, 6.45) is 0. The average Bonchev–Trinajstić information content (AvgIpc) is 2.61. The topological polar surface area (TPSA) is 67.4 Å². The minimum atomic E-state index is -0.165. The lowest BCUT2D eigenvalue weighted by Crippen LogP contribution is -2.19. The maximum atomic E-state index is 12.1. The van der Waals surface area contributed by atoms with Crippen molar-refractivity contribution < 1.29 is 14.3 Å². The van der Waals surface area contributed by atoms with E-state index in [1.54, 1.807) is 6.07 Å². The van der Waals surface area contributed by atoms with Gasteiger partial charge in [0.1, 0.15) is 5.75 Å². The molecule has 2 amide bonds. The lowest BCUT2D eigenvalue weighted by molar-refractivity contribution is -0.114. The van der Waals surface area contributed by atoms with Crippen molar-refractivity contribution in [3.05, 3.63) is 53.6 Å². The van der Waals surface area contributed by atoms with Crippen molar-refractivity contribution in [1.29, 1.82) is 0 Å². The number of hydrogen-bond donors (Lipinski definition) is 2.